The average Bonchev–Trinajstić information content (AvgIpc) is 1.97. The summed E-state index contributed by atoms with van der Waals surface area (Å²) in [4.78, 5) is 0. The molecule has 1 aromatic carbocycles. The maximum Gasteiger partial charge on any atom is 0.0393 e. The number of rotatable bonds is 0. The van der Waals surface area contributed by atoms with E-state index in [0.717, 1.165) is 10.9 Å². The Balaban J connectivity index is 2.55. The van der Waals surface area contributed by atoms with Gasteiger partial charge in [-0.1, -0.05) is 35.8 Å². The van der Waals surface area contributed by atoms with Crippen LogP contribution in [0.4, 0.5) is 5.69 Å². The molecule has 0 bridgehead atoms. The van der Waals surface area contributed by atoms with Gasteiger partial charge >= 0.3 is 0 Å². The quantitative estimate of drug-likeness (QED) is 0.738. The maximum absolute atomic E-state index is 3.60. The monoisotopic (exact) mass is 267 g/mol. The van der Waals surface area contributed by atoms with Crippen LogP contribution >= 0.6 is 15.9 Å². The average molecular weight is 268 g/mol. The Morgan fingerprint density at radius 1 is 1.20 bits per heavy atom. The van der Waals surface area contributed by atoms with E-state index in [9.17, 15) is 0 Å². The fourth-order valence-corrected chi connectivity index (χ4v) is 3.18. The second-order valence-electron chi connectivity index (χ2n) is 5.76. The highest BCUT2D eigenvalue weighted by molar-refractivity contribution is 9.10. The summed E-state index contributed by atoms with van der Waals surface area (Å²) < 4.78 is 1.14. The first-order valence-electron chi connectivity index (χ1n) is 5.38. The lowest BCUT2D eigenvalue weighted by molar-refractivity contribution is 0.355. The number of nitrogens with one attached hydrogen (secondary N) is 1. The first-order valence-corrected chi connectivity index (χ1v) is 6.18. The highest BCUT2D eigenvalue weighted by Crippen LogP contribution is 2.43. The van der Waals surface area contributed by atoms with Crippen LogP contribution in [0, 0.1) is 0 Å². The van der Waals surface area contributed by atoms with Crippen LogP contribution in [0.5, 0.6) is 0 Å². The molecule has 0 amide bonds. The second-order valence-corrected chi connectivity index (χ2v) is 6.68. The molecule has 82 valence electrons. The molecule has 2 rings (SSSR count). The standard InChI is InChI=1S/C13H18BrN/c1-12(2)8-13(3,4)15-11-7-9(14)5-6-10(11)12/h5-7,15H,8H2,1-4H3. The molecular formula is C13H18BrN. The van der Waals surface area contributed by atoms with E-state index in [1.165, 1.54) is 11.3 Å². The molecule has 0 radical (unpaired) electrons. The molecule has 1 aromatic rings. The van der Waals surface area contributed by atoms with Gasteiger partial charge in [-0.15, -0.1) is 0 Å². The van der Waals surface area contributed by atoms with Gasteiger partial charge in [-0.05, 0) is 43.4 Å². The van der Waals surface area contributed by atoms with Crippen LogP contribution in [-0.4, -0.2) is 5.54 Å². The van der Waals surface area contributed by atoms with Crippen molar-refractivity contribution >= 4 is 21.6 Å². The van der Waals surface area contributed by atoms with Gasteiger partial charge in [-0.2, -0.15) is 0 Å². The molecule has 0 fully saturated rings. The zero-order valence-corrected chi connectivity index (χ0v) is 11.4. The Labute approximate surface area is 100 Å². The maximum atomic E-state index is 3.60. The third-order valence-electron chi connectivity index (χ3n) is 3.07. The van der Waals surface area contributed by atoms with E-state index < -0.39 is 0 Å². The number of fused-ring (bicyclic) bond motifs is 1. The second kappa shape index (κ2) is 3.24. The van der Waals surface area contributed by atoms with Crippen LogP contribution in [-0.2, 0) is 5.41 Å². The summed E-state index contributed by atoms with van der Waals surface area (Å²) in [6.07, 6.45) is 1.16. The molecule has 2 heteroatoms. The van der Waals surface area contributed by atoms with Gasteiger partial charge in [-0.3, -0.25) is 0 Å². The number of hydrogen-bond donors (Lipinski definition) is 1. The van der Waals surface area contributed by atoms with Crippen molar-refractivity contribution < 1.29 is 0 Å². The molecular weight excluding hydrogens is 250 g/mol. The van der Waals surface area contributed by atoms with Gasteiger partial charge in [0.25, 0.3) is 0 Å². The minimum atomic E-state index is 0.178. The lowest BCUT2D eigenvalue weighted by atomic mass is 9.71. The summed E-state index contributed by atoms with van der Waals surface area (Å²) in [6.45, 7) is 9.17. The van der Waals surface area contributed by atoms with E-state index in [-0.39, 0.29) is 11.0 Å². The van der Waals surface area contributed by atoms with Gasteiger partial charge in [0.05, 0.1) is 0 Å². The molecule has 0 spiro atoms. The summed E-state index contributed by atoms with van der Waals surface area (Å²) in [5.41, 5.74) is 3.12. The van der Waals surface area contributed by atoms with E-state index in [2.05, 4.69) is 67.1 Å². The van der Waals surface area contributed by atoms with Gasteiger partial charge < -0.3 is 5.32 Å². The highest BCUT2D eigenvalue weighted by atomic mass is 79.9. The first kappa shape index (κ1) is 11.0. The van der Waals surface area contributed by atoms with Crippen LogP contribution in [0.3, 0.4) is 0 Å². The van der Waals surface area contributed by atoms with E-state index >= 15 is 0 Å². The lowest BCUT2D eigenvalue weighted by Gasteiger charge is -2.43. The third-order valence-corrected chi connectivity index (χ3v) is 3.56. The fourth-order valence-electron chi connectivity index (χ4n) is 2.82. The number of benzene rings is 1. The Kier molecular flexibility index (Phi) is 2.38. The highest BCUT2D eigenvalue weighted by Gasteiger charge is 2.36. The van der Waals surface area contributed by atoms with E-state index in [0.29, 0.717) is 0 Å². The van der Waals surface area contributed by atoms with Crippen molar-refractivity contribution in [2.45, 2.75) is 45.1 Å². The number of anilines is 1. The van der Waals surface area contributed by atoms with Crippen LogP contribution in [0.25, 0.3) is 0 Å². The van der Waals surface area contributed by atoms with Crippen LogP contribution in [0.15, 0.2) is 22.7 Å². The summed E-state index contributed by atoms with van der Waals surface area (Å²) in [7, 11) is 0. The van der Waals surface area contributed by atoms with Crippen molar-refractivity contribution in [3.8, 4) is 0 Å². The molecule has 1 N–H and O–H groups in total. The van der Waals surface area contributed by atoms with Crippen LogP contribution < -0.4 is 5.32 Å². The molecule has 15 heavy (non-hydrogen) atoms. The van der Waals surface area contributed by atoms with E-state index in [1.54, 1.807) is 0 Å². The van der Waals surface area contributed by atoms with E-state index in [4.69, 9.17) is 0 Å². The zero-order valence-electron chi connectivity index (χ0n) is 9.82. The summed E-state index contributed by atoms with van der Waals surface area (Å²) in [5, 5.41) is 3.60. The Hall–Kier alpha value is -0.500. The third kappa shape index (κ3) is 2.05. The predicted octanol–water partition coefficient (Wildman–Crippen LogP) is 4.32. The Morgan fingerprint density at radius 2 is 1.87 bits per heavy atom. The van der Waals surface area contributed by atoms with Crippen molar-refractivity contribution in [1.29, 1.82) is 0 Å². The normalized spacial score (nSPS) is 21.7. The molecule has 0 saturated carbocycles. The van der Waals surface area contributed by atoms with Crippen molar-refractivity contribution in [2.24, 2.45) is 0 Å². The zero-order chi connectivity index (χ0) is 11.3. The molecule has 1 aliphatic rings. The fraction of sp³-hybridized carbons (Fsp3) is 0.538. The van der Waals surface area contributed by atoms with Gasteiger partial charge in [0.15, 0.2) is 0 Å². The molecule has 0 aliphatic carbocycles. The molecule has 1 nitrogen and oxygen atoms in total. The molecule has 0 atom stereocenters. The largest absolute Gasteiger partial charge is 0.380 e. The number of halogens is 1. The minimum Gasteiger partial charge on any atom is -0.380 e. The van der Waals surface area contributed by atoms with Gasteiger partial charge in [0, 0.05) is 15.7 Å². The van der Waals surface area contributed by atoms with Gasteiger partial charge in [0.2, 0.25) is 0 Å². The summed E-state index contributed by atoms with van der Waals surface area (Å²) >= 11 is 3.53. The molecule has 0 saturated heterocycles. The lowest BCUT2D eigenvalue weighted by Crippen LogP contribution is -2.43. The topological polar surface area (TPSA) is 12.0 Å². The summed E-state index contributed by atoms with van der Waals surface area (Å²) in [5.74, 6) is 0. The van der Waals surface area contributed by atoms with Gasteiger partial charge in [0.1, 0.15) is 0 Å². The minimum absolute atomic E-state index is 0.178. The van der Waals surface area contributed by atoms with Crippen molar-refractivity contribution in [3.05, 3.63) is 28.2 Å². The SMILES string of the molecule is CC1(C)CC(C)(C)c2ccc(Br)cc2N1. The smallest absolute Gasteiger partial charge is 0.0393 e. The van der Waals surface area contributed by atoms with Crippen LogP contribution in [0.1, 0.15) is 39.7 Å². The first-order chi connectivity index (χ1) is 6.80. The Bertz CT molecular complexity index is 394. The number of hydrogen-bond acceptors (Lipinski definition) is 1. The van der Waals surface area contributed by atoms with Crippen molar-refractivity contribution in [1.82, 2.24) is 0 Å². The molecule has 0 aromatic heterocycles. The Morgan fingerprint density at radius 3 is 2.53 bits per heavy atom. The summed E-state index contributed by atoms with van der Waals surface area (Å²) in [6, 6.07) is 6.53. The van der Waals surface area contributed by atoms with Crippen molar-refractivity contribution in [2.75, 3.05) is 5.32 Å². The predicted molar refractivity (Wildman–Crippen MR) is 69.5 cm³/mol. The molecule has 1 heterocycles. The van der Waals surface area contributed by atoms with Crippen molar-refractivity contribution in [3.63, 3.8) is 0 Å². The molecule has 0 unspecified atom stereocenters. The van der Waals surface area contributed by atoms with E-state index in [1.807, 2.05) is 0 Å². The van der Waals surface area contributed by atoms with Gasteiger partial charge in [-0.25, -0.2) is 0 Å². The molecule has 1 aliphatic heterocycles. The van der Waals surface area contributed by atoms with Crippen LogP contribution in [0.2, 0.25) is 0 Å².